The molecule has 0 heterocycles. The number of hydrogen-bond donors (Lipinski definition) is 1. The van der Waals surface area contributed by atoms with Gasteiger partial charge >= 0.3 is 0 Å². The Morgan fingerprint density at radius 2 is 2.13 bits per heavy atom. The summed E-state index contributed by atoms with van der Waals surface area (Å²) < 4.78 is 0. The number of nitro benzene ring substituents is 1. The van der Waals surface area contributed by atoms with Crippen molar-refractivity contribution in [3.05, 3.63) is 32.8 Å². The molecular formula is C9H9ClN2O3. The summed E-state index contributed by atoms with van der Waals surface area (Å²) in [5.74, 6) is -0.297. The summed E-state index contributed by atoms with van der Waals surface area (Å²) in [6.07, 6.45) is 0. The van der Waals surface area contributed by atoms with Crippen LogP contribution < -0.4 is 5.32 Å². The number of nitrogens with one attached hydrogen (secondary N) is 1. The Bertz CT molecular complexity index is 432. The molecule has 1 aromatic rings. The van der Waals surface area contributed by atoms with Gasteiger partial charge in [0.05, 0.1) is 16.2 Å². The Balaban J connectivity index is 3.28. The van der Waals surface area contributed by atoms with E-state index in [0.717, 1.165) is 0 Å². The molecule has 0 saturated heterocycles. The van der Waals surface area contributed by atoms with Crippen LogP contribution in [0.3, 0.4) is 0 Å². The number of amides is 1. The van der Waals surface area contributed by atoms with Crippen LogP contribution in [-0.2, 0) is 4.79 Å². The van der Waals surface area contributed by atoms with Crippen molar-refractivity contribution in [1.82, 2.24) is 0 Å². The van der Waals surface area contributed by atoms with Gasteiger partial charge in [-0.15, -0.1) is 0 Å². The van der Waals surface area contributed by atoms with E-state index in [4.69, 9.17) is 11.6 Å². The van der Waals surface area contributed by atoms with Crippen LogP contribution in [0.5, 0.6) is 0 Å². The highest BCUT2D eigenvalue weighted by molar-refractivity contribution is 6.31. The minimum absolute atomic E-state index is 0.105. The zero-order valence-corrected chi connectivity index (χ0v) is 8.96. The quantitative estimate of drug-likeness (QED) is 0.624. The van der Waals surface area contributed by atoms with E-state index in [1.54, 1.807) is 6.92 Å². The van der Waals surface area contributed by atoms with Crippen LogP contribution in [0.4, 0.5) is 11.4 Å². The lowest BCUT2D eigenvalue weighted by atomic mass is 10.1. The van der Waals surface area contributed by atoms with Crippen molar-refractivity contribution < 1.29 is 9.72 Å². The summed E-state index contributed by atoms with van der Waals surface area (Å²) in [6, 6.07) is 2.73. The summed E-state index contributed by atoms with van der Waals surface area (Å²) in [5.41, 5.74) is 0.646. The summed E-state index contributed by atoms with van der Waals surface area (Å²) in [7, 11) is 0. The SMILES string of the molecule is CC(=O)Nc1cc(Cl)cc([N+](=O)[O-])c1C. The summed E-state index contributed by atoms with van der Waals surface area (Å²) in [5, 5.41) is 13.3. The van der Waals surface area contributed by atoms with Crippen LogP contribution in [0.2, 0.25) is 5.02 Å². The first-order valence-electron chi connectivity index (χ1n) is 4.14. The number of carbonyl (C=O) groups is 1. The number of hydrogen-bond acceptors (Lipinski definition) is 3. The van der Waals surface area contributed by atoms with Gasteiger partial charge < -0.3 is 5.32 Å². The first-order chi connectivity index (χ1) is 6.91. The van der Waals surface area contributed by atoms with E-state index in [0.29, 0.717) is 11.3 Å². The second kappa shape index (κ2) is 4.27. The Kier molecular flexibility index (Phi) is 3.26. The van der Waals surface area contributed by atoms with Gasteiger partial charge in [-0.3, -0.25) is 14.9 Å². The van der Waals surface area contributed by atoms with Gasteiger partial charge in [-0.2, -0.15) is 0 Å². The Morgan fingerprint density at radius 3 is 2.60 bits per heavy atom. The fourth-order valence-corrected chi connectivity index (χ4v) is 1.39. The number of nitro groups is 1. The zero-order valence-electron chi connectivity index (χ0n) is 8.20. The third-order valence-corrected chi connectivity index (χ3v) is 2.07. The van der Waals surface area contributed by atoms with E-state index >= 15 is 0 Å². The Morgan fingerprint density at radius 1 is 1.53 bits per heavy atom. The minimum Gasteiger partial charge on any atom is -0.326 e. The lowest BCUT2D eigenvalue weighted by molar-refractivity contribution is -0.385. The van der Waals surface area contributed by atoms with Gasteiger partial charge in [-0.05, 0) is 13.0 Å². The van der Waals surface area contributed by atoms with E-state index in [9.17, 15) is 14.9 Å². The fourth-order valence-electron chi connectivity index (χ4n) is 1.17. The van der Waals surface area contributed by atoms with E-state index < -0.39 is 4.92 Å². The molecule has 1 N–H and O–H groups in total. The smallest absolute Gasteiger partial charge is 0.275 e. The fraction of sp³-hybridized carbons (Fsp3) is 0.222. The normalized spacial score (nSPS) is 9.80. The highest BCUT2D eigenvalue weighted by Gasteiger charge is 2.15. The zero-order chi connectivity index (χ0) is 11.6. The summed E-state index contributed by atoms with van der Waals surface area (Å²) in [6.45, 7) is 2.88. The molecule has 0 spiro atoms. The maximum atomic E-state index is 10.8. The molecule has 0 aliphatic rings. The average Bonchev–Trinajstić information content (AvgIpc) is 2.09. The van der Waals surface area contributed by atoms with E-state index in [-0.39, 0.29) is 16.6 Å². The third-order valence-electron chi connectivity index (χ3n) is 1.85. The molecule has 0 unspecified atom stereocenters. The number of anilines is 1. The maximum Gasteiger partial charge on any atom is 0.275 e. The first-order valence-corrected chi connectivity index (χ1v) is 4.51. The molecule has 6 heteroatoms. The summed E-state index contributed by atoms with van der Waals surface area (Å²) in [4.78, 5) is 20.9. The number of benzene rings is 1. The molecule has 0 radical (unpaired) electrons. The molecule has 0 aromatic heterocycles. The van der Waals surface area contributed by atoms with Crippen molar-refractivity contribution in [2.24, 2.45) is 0 Å². The molecule has 1 amide bonds. The van der Waals surface area contributed by atoms with Crippen LogP contribution in [0.25, 0.3) is 0 Å². The van der Waals surface area contributed by atoms with Crippen molar-refractivity contribution >= 4 is 28.9 Å². The predicted octanol–water partition coefficient (Wildman–Crippen LogP) is 2.52. The van der Waals surface area contributed by atoms with E-state index in [2.05, 4.69) is 5.32 Å². The number of halogens is 1. The molecule has 0 atom stereocenters. The third kappa shape index (κ3) is 2.66. The Hall–Kier alpha value is -1.62. The molecule has 1 rings (SSSR count). The average molecular weight is 229 g/mol. The van der Waals surface area contributed by atoms with Crippen LogP contribution >= 0.6 is 11.6 Å². The highest BCUT2D eigenvalue weighted by Crippen LogP contribution is 2.29. The van der Waals surface area contributed by atoms with Crippen LogP contribution in [0.1, 0.15) is 12.5 Å². The van der Waals surface area contributed by atoms with Gasteiger partial charge in [-0.25, -0.2) is 0 Å². The number of rotatable bonds is 2. The van der Waals surface area contributed by atoms with Gasteiger partial charge in [0.2, 0.25) is 5.91 Å². The molecule has 0 bridgehead atoms. The molecule has 1 aromatic carbocycles. The maximum absolute atomic E-state index is 10.8. The number of carbonyl (C=O) groups excluding carboxylic acids is 1. The van der Waals surface area contributed by atoms with Gasteiger partial charge in [0.25, 0.3) is 5.69 Å². The van der Waals surface area contributed by atoms with Crippen LogP contribution in [0.15, 0.2) is 12.1 Å². The molecule has 0 aliphatic heterocycles. The second-order valence-electron chi connectivity index (χ2n) is 3.04. The highest BCUT2D eigenvalue weighted by atomic mass is 35.5. The van der Waals surface area contributed by atoms with Crippen molar-refractivity contribution in [3.8, 4) is 0 Å². The number of nitrogens with zero attached hydrogens (tertiary/aromatic N) is 1. The van der Waals surface area contributed by atoms with Crippen molar-refractivity contribution in [3.63, 3.8) is 0 Å². The lowest BCUT2D eigenvalue weighted by Gasteiger charge is -2.07. The topological polar surface area (TPSA) is 72.2 Å². The standard InChI is InChI=1S/C9H9ClN2O3/c1-5-8(11-6(2)13)3-7(10)4-9(5)12(14)15/h3-4H,1-2H3,(H,11,13). The van der Waals surface area contributed by atoms with Gasteiger partial charge in [0.1, 0.15) is 0 Å². The molecule has 15 heavy (non-hydrogen) atoms. The molecule has 5 nitrogen and oxygen atoms in total. The molecule has 80 valence electrons. The first kappa shape index (κ1) is 11.5. The monoisotopic (exact) mass is 228 g/mol. The molecule has 0 saturated carbocycles. The minimum atomic E-state index is -0.535. The molecule has 0 aliphatic carbocycles. The van der Waals surface area contributed by atoms with Crippen LogP contribution in [0, 0.1) is 17.0 Å². The van der Waals surface area contributed by atoms with E-state index in [1.807, 2.05) is 0 Å². The molecular weight excluding hydrogens is 220 g/mol. The summed E-state index contributed by atoms with van der Waals surface area (Å²) >= 11 is 5.69. The van der Waals surface area contributed by atoms with Gasteiger partial charge in [-0.1, -0.05) is 11.6 Å². The van der Waals surface area contributed by atoms with Gasteiger partial charge in [0, 0.05) is 18.0 Å². The Labute approximate surface area is 91.2 Å². The predicted molar refractivity (Wildman–Crippen MR) is 57.1 cm³/mol. The molecule has 0 fully saturated rings. The van der Waals surface area contributed by atoms with Crippen molar-refractivity contribution in [2.45, 2.75) is 13.8 Å². The van der Waals surface area contributed by atoms with Gasteiger partial charge in [0.15, 0.2) is 0 Å². The lowest BCUT2D eigenvalue weighted by Crippen LogP contribution is -2.08. The largest absolute Gasteiger partial charge is 0.326 e. The van der Waals surface area contributed by atoms with Crippen molar-refractivity contribution in [1.29, 1.82) is 0 Å². The van der Waals surface area contributed by atoms with E-state index in [1.165, 1.54) is 19.1 Å². The second-order valence-corrected chi connectivity index (χ2v) is 3.47. The van der Waals surface area contributed by atoms with Crippen molar-refractivity contribution in [2.75, 3.05) is 5.32 Å². The van der Waals surface area contributed by atoms with Crippen LogP contribution in [-0.4, -0.2) is 10.8 Å².